The number of hydrogen-bond donors (Lipinski definition) is 2. The summed E-state index contributed by atoms with van der Waals surface area (Å²) in [6, 6.07) is 7.25. The summed E-state index contributed by atoms with van der Waals surface area (Å²) in [5, 5.41) is 19.7. The Hall–Kier alpha value is -3.22. The van der Waals surface area contributed by atoms with Crippen LogP contribution in [0.4, 0.5) is 0 Å². The van der Waals surface area contributed by atoms with Crippen molar-refractivity contribution in [2.24, 2.45) is 10.9 Å². The molecule has 2 atom stereocenters. The Morgan fingerprint density at radius 3 is 2.52 bits per heavy atom. The Balaban J connectivity index is 2.21. The summed E-state index contributed by atoms with van der Waals surface area (Å²) in [7, 11) is 0. The number of allylic oxidation sites excluding steroid dienone is 1. The minimum atomic E-state index is -1.13. The van der Waals surface area contributed by atoms with Gasteiger partial charge in [-0.1, -0.05) is 26.0 Å². The van der Waals surface area contributed by atoms with Crippen molar-refractivity contribution < 1.29 is 19.8 Å². The predicted octanol–water partition coefficient (Wildman–Crippen LogP) is 3.27. The number of aliphatic imine (C=N–C) groups is 1. The molecule has 1 aliphatic rings. The first-order valence-electron chi connectivity index (χ1n) is 8.82. The zero-order valence-corrected chi connectivity index (χ0v) is 15.2. The standard InChI is InChI=1S/C20H21N3O4/c1-3-14-17(19(24)25)16(18(20(26)27)15(4-2)22-14)12-6-5-7-13(10-12)23-9-8-21-11-23/h5-11,16-17H,3-4H2,1-2H3,(H,24,25)(H,26,27). The van der Waals surface area contributed by atoms with Crippen molar-refractivity contribution in [2.75, 3.05) is 0 Å². The number of carboxylic acid groups (broad SMARTS) is 2. The molecule has 0 aliphatic carbocycles. The van der Waals surface area contributed by atoms with Gasteiger partial charge in [0.2, 0.25) is 0 Å². The van der Waals surface area contributed by atoms with E-state index in [1.165, 1.54) is 0 Å². The predicted molar refractivity (Wildman–Crippen MR) is 100 cm³/mol. The van der Waals surface area contributed by atoms with E-state index in [9.17, 15) is 19.8 Å². The smallest absolute Gasteiger partial charge is 0.334 e. The van der Waals surface area contributed by atoms with Gasteiger partial charge in [-0.25, -0.2) is 9.78 Å². The Morgan fingerprint density at radius 2 is 1.96 bits per heavy atom. The molecule has 0 spiro atoms. The zero-order chi connectivity index (χ0) is 19.6. The maximum absolute atomic E-state index is 12.1. The second-order valence-corrected chi connectivity index (χ2v) is 6.33. The first-order chi connectivity index (χ1) is 13.0. The average molecular weight is 367 g/mol. The highest BCUT2D eigenvalue weighted by molar-refractivity contribution is 6.07. The number of benzene rings is 1. The molecule has 0 bridgehead atoms. The third-order valence-corrected chi connectivity index (χ3v) is 4.82. The summed E-state index contributed by atoms with van der Waals surface area (Å²) < 4.78 is 1.79. The minimum Gasteiger partial charge on any atom is -0.481 e. The van der Waals surface area contributed by atoms with Crippen LogP contribution in [0.25, 0.3) is 5.69 Å². The van der Waals surface area contributed by atoms with Crippen LogP contribution >= 0.6 is 0 Å². The van der Waals surface area contributed by atoms with E-state index in [1.807, 2.05) is 26.0 Å². The van der Waals surface area contributed by atoms with E-state index in [-0.39, 0.29) is 5.57 Å². The van der Waals surface area contributed by atoms with Gasteiger partial charge in [0.05, 0.1) is 17.6 Å². The van der Waals surface area contributed by atoms with E-state index in [0.29, 0.717) is 29.8 Å². The number of aromatic nitrogens is 2. The molecule has 1 aromatic heterocycles. The molecule has 0 saturated heterocycles. The second-order valence-electron chi connectivity index (χ2n) is 6.33. The van der Waals surface area contributed by atoms with Crippen molar-refractivity contribution in [3.8, 4) is 5.69 Å². The topological polar surface area (TPSA) is 105 Å². The molecule has 0 saturated carbocycles. The summed E-state index contributed by atoms with van der Waals surface area (Å²) >= 11 is 0. The van der Waals surface area contributed by atoms with Crippen LogP contribution < -0.4 is 0 Å². The van der Waals surface area contributed by atoms with Crippen LogP contribution in [0.3, 0.4) is 0 Å². The number of carboxylic acids is 2. The van der Waals surface area contributed by atoms with Gasteiger partial charge < -0.3 is 14.8 Å². The molecule has 140 valence electrons. The van der Waals surface area contributed by atoms with Crippen molar-refractivity contribution in [2.45, 2.75) is 32.6 Å². The lowest BCUT2D eigenvalue weighted by Crippen LogP contribution is -2.36. The monoisotopic (exact) mass is 367 g/mol. The van der Waals surface area contributed by atoms with Gasteiger partial charge in [-0.3, -0.25) is 9.79 Å². The molecule has 2 heterocycles. The number of imidazole rings is 1. The number of rotatable bonds is 6. The number of hydrogen-bond acceptors (Lipinski definition) is 4. The first kappa shape index (κ1) is 18.6. The molecular weight excluding hydrogens is 346 g/mol. The van der Waals surface area contributed by atoms with E-state index >= 15 is 0 Å². The summed E-state index contributed by atoms with van der Waals surface area (Å²) in [4.78, 5) is 32.5. The van der Waals surface area contributed by atoms with Gasteiger partial charge >= 0.3 is 11.9 Å². The van der Waals surface area contributed by atoms with Crippen molar-refractivity contribution >= 4 is 17.7 Å². The van der Waals surface area contributed by atoms with Crippen LogP contribution in [0.2, 0.25) is 0 Å². The summed E-state index contributed by atoms with van der Waals surface area (Å²) in [5.74, 6) is -4.00. The van der Waals surface area contributed by atoms with Crippen molar-refractivity contribution in [1.29, 1.82) is 0 Å². The van der Waals surface area contributed by atoms with Crippen LogP contribution in [0.5, 0.6) is 0 Å². The quantitative estimate of drug-likeness (QED) is 0.815. The van der Waals surface area contributed by atoms with E-state index < -0.39 is 23.8 Å². The fraction of sp³-hybridized carbons (Fsp3) is 0.300. The molecule has 7 nitrogen and oxygen atoms in total. The van der Waals surface area contributed by atoms with E-state index in [0.717, 1.165) is 5.69 Å². The second kappa shape index (κ2) is 7.57. The van der Waals surface area contributed by atoms with E-state index in [4.69, 9.17) is 0 Å². The Morgan fingerprint density at radius 1 is 1.19 bits per heavy atom. The lowest BCUT2D eigenvalue weighted by atomic mass is 9.74. The number of carbonyl (C=O) groups is 2. The van der Waals surface area contributed by atoms with E-state index in [2.05, 4.69) is 9.98 Å². The van der Waals surface area contributed by atoms with Gasteiger partial charge in [0.1, 0.15) is 5.92 Å². The van der Waals surface area contributed by atoms with Gasteiger partial charge in [-0.2, -0.15) is 0 Å². The maximum atomic E-state index is 12.1. The Bertz CT molecular complexity index is 928. The summed E-state index contributed by atoms with van der Waals surface area (Å²) in [5.41, 5.74) is 2.43. The Kier molecular flexibility index (Phi) is 5.21. The lowest BCUT2D eigenvalue weighted by Gasteiger charge is -2.31. The summed E-state index contributed by atoms with van der Waals surface area (Å²) in [6.45, 7) is 3.67. The van der Waals surface area contributed by atoms with Crippen LogP contribution in [0.1, 0.15) is 38.2 Å². The molecule has 0 fully saturated rings. The van der Waals surface area contributed by atoms with Gasteiger partial charge in [0.15, 0.2) is 0 Å². The normalized spacial score (nSPS) is 19.7. The maximum Gasteiger partial charge on any atom is 0.334 e. The fourth-order valence-electron chi connectivity index (χ4n) is 3.60. The van der Waals surface area contributed by atoms with E-state index in [1.54, 1.807) is 35.4 Å². The average Bonchev–Trinajstić information content (AvgIpc) is 3.20. The van der Waals surface area contributed by atoms with Gasteiger partial charge in [0.25, 0.3) is 0 Å². The molecule has 7 heteroatoms. The molecule has 0 amide bonds. The van der Waals surface area contributed by atoms with Crippen LogP contribution in [0, 0.1) is 5.92 Å². The molecule has 3 rings (SSSR count). The molecule has 0 radical (unpaired) electrons. The Labute approximate surface area is 156 Å². The molecule has 2 N–H and O–H groups in total. The van der Waals surface area contributed by atoms with Crippen LogP contribution in [0.15, 0.2) is 59.2 Å². The lowest BCUT2D eigenvalue weighted by molar-refractivity contribution is -0.140. The SMILES string of the molecule is CCC1=NC(CC)=C(C(=O)O)C(c2cccc(-n3ccnc3)c2)C1C(=O)O. The largest absolute Gasteiger partial charge is 0.481 e. The third kappa shape index (κ3) is 3.40. The molecular formula is C20H21N3O4. The van der Waals surface area contributed by atoms with Gasteiger partial charge in [0, 0.05) is 29.7 Å². The van der Waals surface area contributed by atoms with Crippen molar-refractivity contribution in [3.63, 3.8) is 0 Å². The van der Waals surface area contributed by atoms with Crippen molar-refractivity contribution in [1.82, 2.24) is 9.55 Å². The highest BCUT2D eigenvalue weighted by Gasteiger charge is 2.42. The third-order valence-electron chi connectivity index (χ3n) is 4.82. The highest BCUT2D eigenvalue weighted by atomic mass is 16.4. The van der Waals surface area contributed by atoms with Gasteiger partial charge in [-0.05, 0) is 30.5 Å². The molecule has 1 aliphatic heterocycles. The summed E-state index contributed by atoms with van der Waals surface area (Å²) in [6.07, 6.45) is 5.94. The number of aliphatic carboxylic acids is 2. The molecule has 1 aromatic carbocycles. The molecule has 27 heavy (non-hydrogen) atoms. The minimum absolute atomic E-state index is 0.0601. The molecule has 2 unspecified atom stereocenters. The zero-order valence-electron chi connectivity index (χ0n) is 15.2. The molecule has 2 aromatic rings. The highest BCUT2D eigenvalue weighted by Crippen LogP contribution is 2.41. The first-order valence-corrected chi connectivity index (χ1v) is 8.82. The van der Waals surface area contributed by atoms with Crippen molar-refractivity contribution in [3.05, 3.63) is 59.8 Å². The van der Waals surface area contributed by atoms with Crippen LogP contribution in [-0.4, -0.2) is 37.4 Å². The van der Waals surface area contributed by atoms with Gasteiger partial charge in [-0.15, -0.1) is 0 Å². The fourth-order valence-corrected chi connectivity index (χ4v) is 3.60. The van der Waals surface area contributed by atoms with Crippen LogP contribution in [-0.2, 0) is 9.59 Å². The number of nitrogens with zero attached hydrogens (tertiary/aromatic N) is 3.